The first-order valence-corrected chi connectivity index (χ1v) is 5.58. The second kappa shape index (κ2) is 5.23. The number of fused-ring (bicyclic) bond motifs is 1. The van der Waals surface area contributed by atoms with E-state index in [1.165, 1.54) is 0 Å². The number of nitrogens with one attached hydrogen (secondary N) is 1. The third-order valence-electron chi connectivity index (χ3n) is 2.34. The van der Waals surface area contributed by atoms with Gasteiger partial charge in [-0.05, 0) is 30.7 Å². The van der Waals surface area contributed by atoms with Gasteiger partial charge in [-0.3, -0.25) is 0 Å². The fourth-order valence-corrected chi connectivity index (χ4v) is 1.85. The molecule has 0 saturated carbocycles. The zero-order valence-electron chi connectivity index (χ0n) is 8.96. The van der Waals surface area contributed by atoms with E-state index >= 15 is 0 Å². The van der Waals surface area contributed by atoms with Gasteiger partial charge >= 0.3 is 0 Å². The monoisotopic (exact) mass is 239 g/mol. The number of hydrogen-bond donors (Lipinski definition) is 1. The summed E-state index contributed by atoms with van der Waals surface area (Å²) in [4.78, 5) is 0. The van der Waals surface area contributed by atoms with Crippen LogP contribution in [0.25, 0.3) is 0 Å². The molecular formula is C12H14ClNO2. The molecule has 0 radical (unpaired) electrons. The van der Waals surface area contributed by atoms with Crippen molar-refractivity contribution in [2.24, 2.45) is 0 Å². The molecule has 0 unspecified atom stereocenters. The Morgan fingerprint density at radius 2 is 2.31 bits per heavy atom. The Kier molecular flexibility index (Phi) is 3.70. The van der Waals surface area contributed by atoms with E-state index in [2.05, 4.69) is 11.9 Å². The maximum atomic E-state index is 6.07. The van der Waals surface area contributed by atoms with E-state index in [4.69, 9.17) is 21.1 Å². The van der Waals surface area contributed by atoms with Crippen LogP contribution >= 0.6 is 11.6 Å². The van der Waals surface area contributed by atoms with E-state index < -0.39 is 0 Å². The van der Waals surface area contributed by atoms with Crippen LogP contribution in [-0.2, 0) is 6.54 Å². The maximum Gasteiger partial charge on any atom is 0.231 e. The summed E-state index contributed by atoms with van der Waals surface area (Å²) in [6.45, 7) is 5.60. The third kappa shape index (κ3) is 2.49. The van der Waals surface area contributed by atoms with E-state index in [1.807, 2.05) is 18.2 Å². The third-order valence-corrected chi connectivity index (χ3v) is 2.62. The predicted octanol–water partition coefficient (Wildman–Crippen LogP) is 2.73. The Hall–Kier alpha value is -1.19. The zero-order chi connectivity index (χ0) is 11.4. The molecular weight excluding hydrogens is 226 g/mol. The first-order valence-electron chi connectivity index (χ1n) is 5.21. The van der Waals surface area contributed by atoms with Gasteiger partial charge in [0.1, 0.15) is 0 Å². The molecule has 2 rings (SSSR count). The molecule has 0 atom stereocenters. The summed E-state index contributed by atoms with van der Waals surface area (Å²) in [6.07, 6.45) is 2.85. The van der Waals surface area contributed by atoms with Gasteiger partial charge in [0.2, 0.25) is 6.79 Å². The molecule has 86 valence electrons. The smallest absolute Gasteiger partial charge is 0.231 e. The van der Waals surface area contributed by atoms with E-state index in [0.717, 1.165) is 30.8 Å². The standard InChI is InChI=1S/C12H14ClNO2/c1-2-3-4-14-7-9-5-10(13)12-11(6-9)15-8-16-12/h2,5-6,14H,1,3-4,7-8H2. The summed E-state index contributed by atoms with van der Waals surface area (Å²) < 4.78 is 10.5. The Morgan fingerprint density at radius 1 is 1.44 bits per heavy atom. The molecule has 3 nitrogen and oxygen atoms in total. The lowest BCUT2D eigenvalue weighted by Crippen LogP contribution is -2.13. The molecule has 1 N–H and O–H groups in total. The topological polar surface area (TPSA) is 30.5 Å². The van der Waals surface area contributed by atoms with Crippen molar-refractivity contribution in [2.75, 3.05) is 13.3 Å². The molecule has 0 fully saturated rings. The van der Waals surface area contributed by atoms with Gasteiger partial charge in [-0.1, -0.05) is 17.7 Å². The van der Waals surface area contributed by atoms with Crippen LogP contribution in [-0.4, -0.2) is 13.3 Å². The lowest BCUT2D eigenvalue weighted by atomic mass is 10.2. The summed E-state index contributed by atoms with van der Waals surface area (Å²) in [5.41, 5.74) is 1.10. The van der Waals surface area contributed by atoms with Crippen molar-refractivity contribution in [3.05, 3.63) is 35.4 Å². The molecule has 1 heterocycles. The normalized spacial score (nSPS) is 12.8. The van der Waals surface area contributed by atoms with Crippen LogP contribution in [0.3, 0.4) is 0 Å². The summed E-state index contributed by atoms with van der Waals surface area (Å²) in [7, 11) is 0. The molecule has 4 heteroatoms. The van der Waals surface area contributed by atoms with E-state index in [-0.39, 0.29) is 6.79 Å². The molecule has 1 aromatic rings. The zero-order valence-corrected chi connectivity index (χ0v) is 9.72. The van der Waals surface area contributed by atoms with Crippen molar-refractivity contribution < 1.29 is 9.47 Å². The molecule has 1 aliphatic rings. The van der Waals surface area contributed by atoms with Gasteiger partial charge in [0, 0.05) is 6.54 Å². The highest BCUT2D eigenvalue weighted by Gasteiger charge is 2.17. The quantitative estimate of drug-likeness (QED) is 0.633. The first-order chi connectivity index (χ1) is 7.81. The summed E-state index contributed by atoms with van der Waals surface area (Å²) >= 11 is 6.07. The van der Waals surface area contributed by atoms with Gasteiger partial charge < -0.3 is 14.8 Å². The molecule has 16 heavy (non-hydrogen) atoms. The maximum absolute atomic E-state index is 6.07. The van der Waals surface area contributed by atoms with Crippen LogP contribution in [0, 0.1) is 0 Å². The van der Waals surface area contributed by atoms with Crippen LogP contribution < -0.4 is 14.8 Å². The number of benzene rings is 1. The molecule has 0 aliphatic carbocycles. The SMILES string of the molecule is C=CCCNCc1cc(Cl)c2c(c1)OCO2. The van der Waals surface area contributed by atoms with Crippen molar-refractivity contribution in [1.29, 1.82) is 0 Å². The molecule has 1 aliphatic heterocycles. The first kappa shape index (κ1) is 11.3. The van der Waals surface area contributed by atoms with Crippen LogP contribution in [0.5, 0.6) is 11.5 Å². The Labute approximate surface area is 100 Å². The fourth-order valence-electron chi connectivity index (χ4n) is 1.56. The van der Waals surface area contributed by atoms with Gasteiger partial charge in [0.15, 0.2) is 11.5 Å². The highest BCUT2D eigenvalue weighted by atomic mass is 35.5. The highest BCUT2D eigenvalue weighted by molar-refractivity contribution is 6.32. The Morgan fingerprint density at radius 3 is 3.12 bits per heavy atom. The van der Waals surface area contributed by atoms with E-state index in [9.17, 15) is 0 Å². The minimum absolute atomic E-state index is 0.252. The average molecular weight is 240 g/mol. The van der Waals surface area contributed by atoms with Crippen LogP contribution in [0.15, 0.2) is 24.8 Å². The van der Waals surface area contributed by atoms with Gasteiger partial charge in [-0.2, -0.15) is 0 Å². The number of rotatable bonds is 5. The lowest BCUT2D eigenvalue weighted by Gasteiger charge is -2.06. The van der Waals surface area contributed by atoms with Crippen LogP contribution in [0.1, 0.15) is 12.0 Å². The van der Waals surface area contributed by atoms with Gasteiger partial charge in [-0.25, -0.2) is 0 Å². The number of ether oxygens (including phenoxy) is 2. The molecule has 0 bridgehead atoms. The molecule has 0 aromatic heterocycles. The van der Waals surface area contributed by atoms with E-state index in [1.54, 1.807) is 0 Å². The van der Waals surface area contributed by atoms with Gasteiger partial charge in [0.25, 0.3) is 0 Å². The van der Waals surface area contributed by atoms with Gasteiger partial charge in [0.05, 0.1) is 5.02 Å². The Bertz CT molecular complexity index is 393. The second-order valence-corrected chi connectivity index (χ2v) is 3.97. The van der Waals surface area contributed by atoms with Crippen LogP contribution in [0.2, 0.25) is 5.02 Å². The van der Waals surface area contributed by atoms with Crippen molar-refractivity contribution >= 4 is 11.6 Å². The minimum Gasteiger partial charge on any atom is -0.454 e. The molecule has 0 saturated heterocycles. The Balaban J connectivity index is 2.00. The van der Waals surface area contributed by atoms with Crippen molar-refractivity contribution in [3.63, 3.8) is 0 Å². The summed E-state index contributed by atoms with van der Waals surface area (Å²) in [5, 5.41) is 3.90. The molecule has 1 aromatic carbocycles. The minimum atomic E-state index is 0.252. The highest BCUT2D eigenvalue weighted by Crippen LogP contribution is 2.39. The number of hydrogen-bond acceptors (Lipinski definition) is 3. The second-order valence-electron chi connectivity index (χ2n) is 3.57. The molecule has 0 amide bonds. The summed E-state index contributed by atoms with van der Waals surface area (Å²) in [5.74, 6) is 1.38. The molecule has 0 spiro atoms. The van der Waals surface area contributed by atoms with Crippen LogP contribution in [0.4, 0.5) is 0 Å². The number of halogens is 1. The van der Waals surface area contributed by atoms with Gasteiger partial charge in [-0.15, -0.1) is 6.58 Å². The fraction of sp³-hybridized carbons (Fsp3) is 0.333. The van der Waals surface area contributed by atoms with Crippen molar-refractivity contribution in [3.8, 4) is 11.5 Å². The van der Waals surface area contributed by atoms with E-state index in [0.29, 0.717) is 10.8 Å². The summed E-state index contributed by atoms with van der Waals surface area (Å²) in [6, 6.07) is 3.85. The predicted molar refractivity (Wildman–Crippen MR) is 64.1 cm³/mol. The van der Waals surface area contributed by atoms with Crippen molar-refractivity contribution in [1.82, 2.24) is 5.32 Å². The largest absolute Gasteiger partial charge is 0.454 e. The lowest BCUT2D eigenvalue weighted by molar-refractivity contribution is 0.174. The van der Waals surface area contributed by atoms with Crippen molar-refractivity contribution in [2.45, 2.75) is 13.0 Å². The average Bonchev–Trinajstić information content (AvgIpc) is 2.73.